The van der Waals surface area contributed by atoms with Crippen molar-refractivity contribution < 1.29 is 9.15 Å². The summed E-state index contributed by atoms with van der Waals surface area (Å²) in [4.78, 5) is 0. The largest absolute Gasteiger partial charge is 0.493 e. The van der Waals surface area contributed by atoms with Crippen LogP contribution in [-0.4, -0.2) is 27.1 Å². The molecule has 3 aromatic rings. The quantitative estimate of drug-likeness (QED) is 0.496. The molecule has 108 valence electrons. The van der Waals surface area contributed by atoms with Crippen LogP contribution < -0.4 is 4.74 Å². The molecule has 0 aliphatic rings. The Morgan fingerprint density at radius 3 is 2.86 bits per heavy atom. The number of hydrogen-bond donors (Lipinski definition) is 0. The lowest BCUT2D eigenvalue weighted by Crippen LogP contribution is -2.03. The Morgan fingerprint density at radius 1 is 1.14 bits per heavy atom. The topological polar surface area (TPSA) is 53.1 Å². The normalized spacial score (nSPS) is 10.7. The fourth-order valence-corrected chi connectivity index (χ4v) is 2.58. The van der Waals surface area contributed by atoms with Crippen molar-refractivity contribution in [3.05, 3.63) is 60.8 Å². The first kappa shape index (κ1) is 13.8. The number of aromatic nitrogens is 3. The minimum Gasteiger partial charge on any atom is -0.493 e. The van der Waals surface area contributed by atoms with Crippen molar-refractivity contribution in [2.24, 2.45) is 0 Å². The molecule has 0 spiro atoms. The molecule has 3 rings (SSSR count). The molecule has 2 aromatic heterocycles. The van der Waals surface area contributed by atoms with E-state index in [9.17, 15) is 0 Å². The van der Waals surface area contributed by atoms with Crippen molar-refractivity contribution in [3.63, 3.8) is 0 Å². The van der Waals surface area contributed by atoms with Gasteiger partial charge in [0.25, 0.3) is 0 Å². The molecule has 0 saturated carbocycles. The van der Waals surface area contributed by atoms with E-state index in [0.717, 1.165) is 22.4 Å². The van der Waals surface area contributed by atoms with Crippen LogP contribution in [0.3, 0.4) is 0 Å². The highest BCUT2D eigenvalue weighted by atomic mass is 32.2. The van der Waals surface area contributed by atoms with Gasteiger partial charge in [0, 0.05) is 5.75 Å². The smallest absolute Gasteiger partial charge is 0.191 e. The molecule has 0 unspecified atom stereocenters. The van der Waals surface area contributed by atoms with Crippen molar-refractivity contribution in [1.29, 1.82) is 0 Å². The standard InChI is InChI=1S/C15H15N3O2S/c1-2-5-13(6-3-1)20-9-10-21-15-17-16-12-18(15)11-14-7-4-8-19-14/h1-8,12H,9-11H2. The van der Waals surface area contributed by atoms with Gasteiger partial charge in [-0.15, -0.1) is 10.2 Å². The van der Waals surface area contributed by atoms with Crippen LogP contribution in [0.15, 0.2) is 64.6 Å². The minimum absolute atomic E-state index is 0.627. The number of rotatable bonds is 7. The van der Waals surface area contributed by atoms with Crippen LogP contribution in [0.2, 0.25) is 0 Å². The van der Waals surface area contributed by atoms with E-state index < -0.39 is 0 Å². The maximum atomic E-state index is 5.65. The number of para-hydroxylation sites is 1. The molecule has 0 bridgehead atoms. The average Bonchev–Trinajstić information content (AvgIpc) is 3.18. The third kappa shape index (κ3) is 3.88. The Hall–Kier alpha value is -2.21. The van der Waals surface area contributed by atoms with Gasteiger partial charge >= 0.3 is 0 Å². The second-order valence-corrected chi connectivity index (χ2v) is 5.39. The van der Waals surface area contributed by atoms with Gasteiger partial charge in [-0.25, -0.2) is 0 Å². The molecule has 21 heavy (non-hydrogen) atoms. The molecule has 0 fully saturated rings. The van der Waals surface area contributed by atoms with Gasteiger partial charge in [0.1, 0.15) is 17.8 Å². The van der Waals surface area contributed by atoms with Crippen LogP contribution in [0, 0.1) is 0 Å². The SMILES string of the molecule is c1ccc(OCCSc2nncn2Cc2ccco2)cc1. The van der Waals surface area contributed by atoms with E-state index in [1.807, 2.05) is 47.0 Å². The lowest BCUT2D eigenvalue weighted by atomic mass is 10.3. The van der Waals surface area contributed by atoms with Crippen molar-refractivity contribution in [3.8, 4) is 5.75 Å². The molecule has 0 N–H and O–H groups in total. The van der Waals surface area contributed by atoms with E-state index in [-0.39, 0.29) is 0 Å². The zero-order valence-electron chi connectivity index (χ0n) is 11.4. The van der Waals surface area contributed by atoms with Gasteiger partial charge in [-0.3, -0.25) is 0 Å². The number of furan rings is 1. The van der Waals surface area contributed by atoms with E-state index in [1.165, 1.54) is 0 Å². The highest BCUT2D eigenvalue weighted by molar-refractivity contribution is 7.99. The zero-order valence-corrected chi connectivity index (χ0v) is 12.2. The Labute approximate surface area is 126 Å². The van der Waals surface area contributed by atoms with E-state index >= 15 is 0 Å². The summed E-state index contributed by atoms with van der Waals surface area (Å²) in [5, 5.41) is 8.93. The first-order valence-corrected chi connectivity index (χ1v) is 7.61. The summed E-state index contributed by atoms with van der Waals surface area (Å²) in [6, 6.07) is 13.6. The number of hydrogen-bond acceptors (Lipinski definition) is 5. The number of nitrogens with zero attached hydrogens (tertiary/aromatic N) is 3. The third-order valence-corrected chi connectivity index (χ3v) is 3.76. The van der Waals surface area contributed by atoms with Crippen molar-refractivity contribution in [1.82, 2.24) is 14.8 Å². The second kappa shape index (κ2) is 6.99. The zero-order chi connectivity index (χ0) is 14.3. The van der Waals surface area contributed by atoms with Crippen LogP contribution in [0.25, 0.3) is 0 Å². The summed E-state index contributed by atoms with van der Waals surface area (Å²) < 4.78 is 13.0. The Balaban J connectivity index is 1.48. The molecule has 1 aromatic carbocycles. The van der Waals surface area contributed by atoms with E-state index in [4.69, 9.17) is 9.15 Å². The number of ether oxygens (including phenoxy) is 1. The molecule has 0 atom stereocenters. The van der Waals surface area contributed by atoms with Crippen LogP contribution in [-0.2, 0) is 6.54 Å². The van der Waals surface area contributed by atoms with Gasteiger partial charge in [0.2, 0.25) is 0 Å². The highest BCUT2D eigenvalue weighted by Crippen LogP contribution is 2.17. The number of benzene rings is 1. The average molecular weight is 301 g/mol. The summed E-state index contributed by atoms with van der Waals surface area (Å²) in [6.07, 6.45) is 3.38. The number of thioether (sulfide) groups is 1. The van der Waals surface area contributed by atoms with E-state index in [0.29, 0.717) is 13.2 Å². The summed E-state index contributed by atoms with van der Waals surface area (Å²) in [6.45, 7) is 1.27. The Kier molecular flexibility index (Phi) is 4.58. The lowest BCUT2D eigenvalue weighted by Gasteiger charge is -2.06. The van der Waals surface area contributed by atoms with Gasteiger partial charge in [-0.05, 0) is 24.3 Å². The fourth-order valence-electron chi connectivity index (χ4n) is 1.84. The van der Waals surface area contributed by atoms with Crippen LogP contribution in [0.4, 0.5) is 0 Å². The van der Waals surface area contributed by atoms with Gasteiger partial charge in [-0.2, -0.15) is 0 Å². The maximum Gasteiger partial charge on any atom is 0.191 e. The Bertz CT molecular complexity index is 653. The lowest BCUT2D eigenvalue weighted by molar-refractivity contribution is 0.344. The predicted molar refractivity (Wildman–Crippen MR) is 80.5 cm³/mol. The Morgan fingerprint density at radius 2 is 2.05 bits per heavy atom. The third-order valence-electron chi connectivity index (χ3n) is 2.81. The van der Waals surface area contributed by atoms with Gasteiger partial charge in [0.05, 0.1) is 19.4 Å². The molecule has 2 heterocycles. The second-order valence-electron chi connectivity index (χ2n) is 4.33. The van der Waals surface area contributed by atoms with Gasteiger partial charge < -0.3 is 13.7 Å². The van der Waals surface area contributed by atoms with Crippen molar-refractivity contribution in [2.45, 2.75) is 11.7 Å². The van der Waals surface area contributed by atoms with Crippen LogP contribution >= 0.6 is 11.8 Å². The molecule has 0 aliphatic carbocycles. The van der Waals surface area contributed by atoms with E-state index in [2.05, 4.69) is 10.2 Å². The van der Waals surface area contributed by atoms with Crippen LogP contribution in [0.1, 0.15) is 5.76 Å². The summed E-state index contributed by atoms with van der Waals surface area (Å²) in [5.41, 5.74) is 0. The van der Waals surface area contributed by atoms with Gasteiger partial charge in [-0.1, -0.05) is 30.0 Å². The summed E-state index contributed by atoms with van der Waals surface area (Å²) in [5.74, 6) is 2.58. The molecule has 0 aliphatic heterocycles. The predicted octanol–water partition coefficient (Wildman–Crippen LogP) is 3.09. The molecule has 6 heteroatoms. The highest BCUT2D eigenvalue weighted by Gasteiger charge is 2.07. The molecule has 0 saturated heterocycles. The monoisotopic (exact) mass is 301 g/mol. The first-order chi connectivity index (χ1) is 10.4. The molecular formula is C15H15N3O2S. The van der Waals surface area contributed by atoms with Crippen molar-refractivity contribution in [2.75, 3.05) is 12.4 Å². The summed E-state index contributed by atoms with van der Waals surface area (Å²) in [7, 11) is 0. The minimum atomic E-state index is 0.627. The van der Waals surface area contributed by atoms with Crippen LogP contribution in [0.5, 0.6) is 5.75 Å². The molecule has 5 nitrogen and oxygen atoms in total. The molecular weight excluding hydrogens is 286 g/mol. The maximum absolute atomic E-state index is 5.65. The van der Waals surface area contributed by atoms with Crippen molar-refractivity contribution >= 4 is 11.8 Å². The summed E-state index contributed by atoms with van der Waals surface area (Å²) >= 11 is 1.62. The molecule has 0 radical (unpaired) electrons. The first-order valence-electron chi connectivity index (χ1n) is 6.62. The van der Waals surface area contributed by atoms with Gasteiger partial charge in [0.15, 0.2) is 5.16 Å². The van der Waals surface area contributed by atoms with E-state index in [1.54, 1.807) is 24.4 Å². The molecule has 0 amide bonds. The fraction of sp³-hybridized carbons (Fsp3) is 0.200.